The van der Waals surface area contributed by atoms with Gasteiger partial charge in [0, 0.05) is 12.1 Å². The third-order valence-electron chi connectivity index (χ3n) is 3.42. The first-order valence-electron chi connectivity index (χ1n) is 6.70. The topological polar surface area (TPSA) is 64.0 Å². The molecule has 1 saturated heterocycles. The van der Waals surface area contributed by atoms with Crippen LogP contribution in [0.25, 0.3) is 0 Å². The second kappa shape index (κ2) is 6.17. The maximum Gasteiger partial charge on any atom is 0.280 e. The molecule has 0 aliphatic carbocycles. The number of alkyl halides is 2. The summed E-state index contributed by atoms with van der Waals surface area (Å²) in [6, 6.07) is -0.469. The van der Waals surface area contributed by atoms with Crippen LogP contribution in [-0.2, 0) is 16.4 Å². The van der Waals surface area contributed by atoms with Gasteiger partial charge in [-0.3, -0.25) is 4.68 Å². The van der Waals surface area contributed by atoms with E-state index in [0.29, 0.717) is 18.5 Å². The third kappa shape index (κ3) is 3.35. The van der Waals surface area contributed by atoms with E-state index in [0.717, 1.165) is 13.0 Å². The molecule has 1 atom stereocenters. The average molecular weight is 307 g/mol. The predicted molar refractivity (Wildman–Crippen MR) is 71.5 cm³/mol. The quantitative estimate of drug-likeness (QED) is 0.812. The molecular weight excluding hydrogens is 288 g/mol. The molecule has 1 fully saturated rings. The van der Waals surface area contributed by atoms with Crippen molar-refractivity contribution in [2.24, 2.45) is 0 Å². The fourth-order valence-corrected chi connectivity index (χ4v) is 4.13. The van der Waals surface area contributed by atoms with Gasteiger partial charge in [-0.15, -0.1) is 0 Å². The van der Waals surface area contributed by atoms with Gasteiger partial charge in [0.2, 0.25) is 0 Å². The molecule has 1 aromatic heterocycles. The van der Waals surface area contributed by atoms with Crippen LogP contribution in [0.2, 0.25) is 0 Å². The maximum absolute atomic E-state index is 13.2. The summed E-state index contributed by atoms with van der Waals surface area (Å²) in [5, 5.41) is 7.06. The Morgan fingerprint density at radius 1 is 1.55 bits per heavy atom. The summed E-state index contributed by atoms with van der Waals surface area (Å²) in [4.78, 5) is 0. The summed E-state index contributed by atoms with van der Waals surface area (Å²) >= 11 is 0. The zero-order valence-electron chi connectivity index (χ0n) is 11.3. The molecule has 0 aromatic carbocycles. The second-order valence-corrected chi connectivity index (χ2v) is 7.26. The number of hydrogen-bond donors (Lipinski definition) is 1. The molecule has 1 aromatic rings. The predicted octanol–water partition coefficient (Wildman–Crippen LogP) is 1.68. The van der Waals surface area contributed by atoms with Gasteiger partial charge in [-0.05, 0) is 19.4 Å². The van der Waals surface area contributed by atoms with Crippen molar-refractivity contribution in [2.75, 3.05) is 18.1 Å². The zero-order valence-corrected chi connectivity index (χ0v) is 12.2. The van der Waals surface area contributed by atoms with Crippen molar-refractivity contribution in [3.63, 3.8) is 0 Å². The molecule has 1 aliphatic heterocycles. The molecule has 0 saturated carbocycles. The lowest BCUT2D eigenvalue weighted by atomic mass is 10.2. The van der Waals surface area contributed by atoms with Gasteiger partial charge in [-0.25, -0.2) is 17.2 Å². The van der Waals surface area contributed by atoms with Crippen LogP contribution in [0.15, 0.2) is 6.20 Å². The first kappa shape index (κ1) is 15.4. The Morgan fingerprint density at radius 2 is 2.30 bits per heavy atom. The summed E-state index contributed by atoms with van der Waals surface area (Å²) < 4.78 is 50.6. The van der Waals surface area contributed by atoms with Crippen LogP contribution in [-0.4, -0.2) is 36.2 Å². The Morgan fingerprint density at radius 3 is 2.85 bits per heavy atom. The summed E-state index contributed by atoms with van der Waals surface area (Å²) in [6.45, 7) is 3.06. The zero-order chi connectivity index (χ0) is 14.8. The molecule has 0 radical (unpaired) electrons. The molecule has 114 valence electrons. The molecule has 1 unspecified atom stereocenters. The lowest BCUT2D eigenvalue weighted by molar-refractivity contribution is 0.135. The molecule has 2 rings (SSSR count). The maximum atomic E-state index is 13.2. The van der Waals surface area contributed by atoms with E-state index >= 15 is 0 Å². The second-order valence-electron chi connectivity index (χ2n) is 5.03. The highest BCUT2D eigenvalue weighted by molar-refractivity contribution is 7.91. The number of nitrogens with one attached hydrogen (secondary N) is 1. The Hall–Kier alpha value is -1.02. The van der Waals surface area contributed by atoms with E-state index in [1.807, 2.05) is 6.92 Å². The van der Waals surface area contributed by atoms with Gasteiger partial charge >= 0.3 is 0 Å². The number of halogens is 2. The van der Waals surface area contributed by atoms with Crippen molar-refractivity contribution in [3.05, 3.63) is 17.5 Å². The van der Waals surface area contributed by atoms with E-state index in [-0.39, 0.29) is 17.2 Å². The normalized spacial score (nSPS) is 21.7. The van der Waals surface area contributed by atoms with Crippen LogP contribution in [0.3, 0.4) is 0 Å². The Bertz CT molecular complexity index is 557. The van der Waals surface area contributed by atoms with E-state index in [1.54, 1.807) is 0 Å². The van der Waals surface area contributed by atoms with Crippen molar-refractivity contribution < 1.29 is 17.2 Å². The molecule has 0 spiro atoms. The van der Waals surface area contributed by atoms with Gasteiger partial charge in [-0.1, -0.05) is 6.92 Å². The SMILES string of the molecule is CCCNCc1cnn(C2CCS(=O)(=O)C2)c1C(F)F. The Labute approximate surface area is 117 Å². The molecule has 20 heavy (non-hydrogen) atoms. The van der Waals surface area contributed by atoms with Gasteiger partial charge in [0.05, 0.1) is 23.7 Å². The van der Waals surface area contributed by atoms with Crippen LogP contribution >= 0.6 is 0 Å². The monoisotopic (exact) mass is 307 g/mol. The highest BCUT2D eigenvalue weighted by Gasteiger charge is 2.33. The van der Waals surface area contributed by atoms with E-state index in [1.165, 1.54) is 10.9 Å². The summed E-state index contributed by atoms with van der Waals surface area (Å²) in [6.07, 6.45) is 0.0267. The Kier molecular flexibility index (Phi) is 4.74. The lowest BCUT2D eigenvalue weighted by Gasteiger charge is -2.14. The van der Waals surface area contributed by atoms with Crippen LogP contribution in [0.5, 0.6) is 0 Å². The molecule has 8 heteroatoms. The average Bonchev–Trinajstić information content (AvgIpc) is 2.93. The molecule has 1 aliphatic rings. The molecular formula is C12H19F2N3O2S. The molecule has 1 N–H and O–H groups in total. The van der Waals surface area contributed by atoms with Crippen LogP contribution < -0.4 is 5.32 Å². The van der Waals surface area contributed by atoms with Crippen LogP contribution in [0.4, 0.5) is 8.78 Å². The van der Waals surface area contributed by atoms with Crippen molar-refractivity contribution >= 4 is 9.84 Å². The highest BCUT2D eigenvalue weighted by Crippen LogP contribution is 2.30. The lowest BCUT2D eigenvalue weighted by Crippen LogP contribution is -2.18. The first-order chi connectivity index (χ1) is 9.44. The molecule has 0 bridgehead atoms. The fourth-order valence-electron chi connectivity index (χ4n) is 2.44. The molecule has 5 nitrogen and oxygen atoms in total. The van der Waals surface area contributed by atoms with E-state index in [4.69, 9.17) is 0 Å². The van der Waals surface area contributed by atoms with Gasteiger partial charge in [-0.2, -0.15) is 5.10 Å². The van der Waals surface area contributed by atoms with Gasteiger partial charge in [0.25, 0.3) is 6.43 Å². The number of hydrogen-bond acceptors (Lipinski definition) is 4. The van der Waals surface area contributed by atoms with Gasteiger partial charge in [0.1, 0.15) is 5.69 Å². The van der Waals surface area contributed by atoms with E-state index < -0.39 is 22.3 Å². The minimum Gasteiger partial charge on any atom is -0.313 e. The number of sulfone groups is 1. The summed E-state index contributed by atoms with van der Waals surface area (Å²) in [5.74, 6) is -0.0557. The summed E-state index contributed by atoms with van der Waals surface area (Å²) in [5.41, 5.74) is 0.286. The highest BCUT2D eigenvalue weighted by atomic mass is 32.2. The minimum absolute atomic E-state index is 0.0453. The van der Waals surface area contributed by atoms with E-state index in [9.17, 15) is 17.2 Å². The Balaban J connectivity index is 2.21. The largest absolute Gasteiger partial charge is 0.313 e. The van der Waals surface area contributed by atoms with Crippen LogP contribution in [0, 0.1) is 0 Å². The number of aromatic nitrogens is 2. The van der Waals surface area contributed by atoms with Crippen molar-refractivity contribution in [1.82, 2.24) is 15.1 Å². The molecule has 0 amide bonds. The summed E-state index contributed by atoms with van der Waals surface area (Å²) in [7, 11) is -3.12. The third-order valence-corrected chi connectivity index (χ3v) is 5.17. The first-order valence-corrected chi connectivity index (χ1v) is 8.52. The van der Waals surface area contributed by atoms with E-state index in [2.05, 4.69) is 10.4 Å². The minimum atomic E-state index is -3.12. The number of nitrogens with zero attached hydrogens (tertiary/aromatic N) is 2. The standard InChI is InChI=1S/C12H19F2N3O2S/c1-2-4-15-6-9-7-16-17(11(9)12(13)14)10-3-5-20(18,19)8-10/h7,10,12,15H,2-6,8H2,1H3. The fraction of sp³-hybridized carbons (Fsp3) is 0.750. The van der Waals surface area contributed by atoms with Crippen molar-refractivity contribution in [3.8, 4) is 0 Å². The molecule has 2 heterocycles. The van der Waals surface area contributed by atoms with Gasteiger partial charge < -0.3 is 5.32 Å². The van der Waals surface area contributed by atoms with Gasteiger partial charge in [0.15, 0.2) is 9.84 Å². The van der Waals surface area contributed by atoms with Crippen LogP contribution in [0.1, 0.15) is 43.5 Å². The van der Waals surface area contributed by atoms with Crippen molar-refractivity contribution in [1.29, 1.82) is 0 Å². The number of rotatable bonds is 6. The smallest absolute Gasteiger partial charge is 0.280 e. The van der Waals surface area contributed by atoms with Crippen molar-refractivity contribution in [2.45, 2.75) is 38.8 Å².